The minimum Gasteiger partial charge on any atom is -0.251 e. The predicted octanol–water partition coefficient (Wildman–Crippen LogP) is 5.19. The van der Waals surface area contributed by atoms with Crippen LogP contribution in [-0.2, 0) is 29.0 Å². The van der Waals surface area contributed by atoms with Crippen LogP contribution in [0.2, 0.25) is 0 Å². The summed E-state index contributed by atoms with van der Waals surface area (Å²) < 4.78 is 64.9. The fourth-order valence-electron chi connectivity index (χ4n) is 3.45. The maximum atomic E-state index is 13.1. The van der Waals surface area contributed by atoms with Gasteiger partial charge in [0, 0.05) is 0 Å². The number of hydrogen-bond donors (Lipinski definition) is 0. The van der Waals surface area contributed by atoms with E-state index in [0.717, 1.165) is 8.61 Å². The largest absolute Gasteiger partial charge is 0.366 e. The van der Waals surface area contributed by atoms with E-state index in [1.807, 2.05) is 0 Å². The first-order valence-corrected chi connectivity index (χ1v) is 13.7. The van der Waals surface area contributed by atoms with E-state index in [-0.39, 0.29) is 0 Å². The summed E-state index contributed by atoms with van der Waals surface area (Å²) in [4.78, 5) is 0. The van der Waals surface area contributed by atoms with Gasteiger partial charge in [-0.1, -0.05) is 72.8 Å². The lowest BCUT2D eigenvalue weighted by atomic mass is 10.3. The van der Waals surface area contributed by atoms with Gasteiger partial charge in [0.1, 0.15) is 0 Å². The molecule has 0 fully saturated rings. The number of anilines is 4. The summed E-state index contributed by atoms with van der Waals surface area (Å²) in [5.41, 5.74) is 1.49. The highest BCUT2D eigenvalue weighted by molar-refractivity contribution is 7.88. The molecule has 0 aliphatic rings. The van der Waals surface area contributed by atoms with Crippen LogP contribution in [0.4, 0.5) is 22.7 Å². The Kier molecular flexibility index (Phi) is 8.01. The molecule has 0 amide bonds. The van der Waals surface area contributed by atoms with Gasteiger partial charge in [-0.05, 0) is 48.5 Å². The second-order valence-electron chi connectivity index (χ2n) is 7.43. The zero-order valence-corrected chi connectivity index (χ0v) is 20.8. The van der Waals surface area contributed by atoms with Crippen molar-refractivity contribution in [3.63, 3.8) is 0 Å². The van der Waals surface area contributed by atoms with Gasteiger partial charge in [-0.3, -0.25) is 8.37 Å². The number of para-hydroxylation sites is 4. The molecule has 0 aromatic heterocycles. The molecule has 36 heavy (non-hydrogen) atoms. The van der Waals surface area contributed by atoms with E-state index in [1.54, 1.807) is 121 Å². The van der Waals surface area contributed by atoms with Crippen LogP contribution in [0, 0.1) is 0 Å². The third kappa shape index (κ3) is 6.10. The first-order chi connectivity index (χ1) is 17.4. The number of benzene rings is 4. The number of rotatable bonds is 11. The Bertz CT molecular complexity index is 1260. The van der Waals surface area contributed by atoms with Gasteiger partial charge in [0.15, 0.2) is 0 Å². The molecule has 4 aromatic carbocycles. The molecule has 0 spiro atoms. The second-order valence-corrected chi connectivity index (χ2v) is 10.3. The van der Waals surface area contributed by atoms with Crippen LogP contribution in [-0.4, -0.2) is 30.0 Å². The summed E-state index contributed by atoms with van der Waals surface area (Å²) in [6.45, 7) is -1.04. The highest BCUT2D eigenvalue weighted by Gasteiger charge is 2.28. The van der Waals surface area contributed by atoms with E-state index in [4.69, 9.17) is 8.37 Å². The Balaban J connectivity index is 1.50. The summed E-state index contributed by atoms with van der Waals surface area (Å²) in [6.07, 6.45) is 0. The number of nitrogens with zero attached hydrogens (tertiary/aromatic N) is 2. The van der Waals surface area contributed by atoms with Gasteiger partial charge in [-0.2, -0.15) is 16.8 Å². The van der Waals surface area contributed by atoms with Crippen molar-refractivity contribution in [2.75, 3.05) is 21.8 Å². The molecule has 0 radical (unpaired) electrons. The standard InChI is InChI=1S/C26H24N2O6S2/c29-35(30,27(23-13-5-1-6-14-23)24-15-7-2-8-16-24)33-21-22-34-36(31,32)28(25-17-9-3-10-18-25)26-19-11-4-12-20-26/h1-20H,21-22H2. The maximum absolute atomic E-state index is 13.1. The van der Waals surface area contributed by atoms with Crippen LogP contribution in [0.3, 0.4) is 0 Å². The van der Waals surface area contributed by atoms with Crippen molar-refractivity contribution in [3.05, 3.63) is 121 Å². The summed E-state index contributed by atoms with van der Waals surface area (Å²) in [6, 6.07) is 33.8. The minimum atomic E-state index is -4.33. The van der Waals surface area contributed by atoms with Crippen LogP contribution in [0.15, 0.2) is 121 Å². The lowest BCUT2D eigenvalue weighted by Crippen LogP contribution is -2.31. The Morgan fingerprint density at radius 1 is 0.417 bits per heavy atom. The van der Waals surface area contributed by atoms with Crippen molar-refractivity contribution in [2.24, 2.45) is 0 Å². The Morgan fingerprint density at radius 3 is 0.861 bits per heavy atom. The highest BCUT2D eigenvalue weighted by Crippen LogP contribution is 2.30. The van der Waals surface area contributed by atoms with Crippen LogP contribution < -0.4 is 8.61 Å². The Morgan fingerprint density at radius 2 is 0.639 bits per heavy atom. The van der Waals surface area contributed by atoms with E-state index in [9.17, 15) is 16.8 Å². The van der Waals surface area contributed by atoms with E-state index >= 15 is 0 Å². The molecule has 0 bridgehead atoms. The van der Waals surface area contributed by atoms with Crippen molar-refractivity contribution in [1.29, 1.82) is 0 Å². The molecule has 0 aliphatic heterocycles. The molecule has 0 heterocycles. The summed E-state index contributed by atoms with van der Waals surface area (Å²) >= 11 is 0. The quantitative estimate of drug-likeness (QED) is 0.251. The Labute approximate surface area is 211 Å². The van der Waals surface area contributed by atoms with Gasteiger partial charge in [0.05, 0.1) is 36.0 Å². The minimum absolute atomic E-state index is 0.372. The molecular weight excluding hydrogens is 500 g/mol. The molecule has 4 aromatic rings. The second kappa shape index (κ2) is 11.4. The van der Waals surface area contributed by atoms with Gasteiger partial charge in [-0.15, -0.1) is 0 Å². The molecule has 4 rings (SSSR count). The van der Waals surface area contributed by atoms with E-state index < -0.39 is 33.8 Å². The molecule has 0 N–H and O–H groups in total. The summed E-state index contributed by atoms with van der Waals surface area (Å²) in [7, 11) is -8.65. The molecule has 0 atom stereocenters. The Hall–Kier alpha value is -3.70. The maximum Gasteiger partial charge on any atom is 0.366 e. The topological polar surface area (TPSA) is 93.2 Å². The monoisotopic (exact) mass is 524 g/mol. The van der Waals surface area contributed by atoms with E-state index in [2.05, 4.69) is 0 Å². The van der Waals surface area contributed by atoms with Crippen molar-refractivity contribution in [1.82, 2.24) is 0 Å². The van der Waals surface area contributed by atoms with Crippen LogP contribution in [0.25, 0.3) is 0 Å². The molecular formula is C26H24N2O6S2. The zero-order chi connectivity index (χ0) is 25.4. The highest BCUT2D eigenvalue weighted by atomic mass is 32.2. The average Bonchev–Trinajstić information content (AvgIpc) is 2.89. The van der Waals surface area contributed by atoms with Crippen molar-refractivity contribution < 1.29 is 25.2 Å². The van der Waals surface area contributed by atoms with Gasteiger partial charge in [0.25, 0.3) is 0 Å². The predicted molar refractivity (Wildman–Crippen MR) is 140 cm³/mol. The van der Waals surface area contributed by atoms with Crippen LogP contribution in [0.1, 0.15) is 0 Å². The first kappa shape index (κ1) is 25.4. The summed E-state index contributed by atoms with van der Waals surface area (Å²) in [5, 5.41) is 0. The molecule has 186 valence electrons. The van der Waals surface area contributed by atoms with Gasteiger partial charge >= 0.3 is 20.6 Å². The fraction of sp³-hybridized carbons (Fsp3) is 0.0769. The van der Waals surface area contributed by atoms with Crippen molar-refractivity contribution in [3.8, 4) is 0 Å². The normalized spacial score (nSPS) is 11.7. The smallest absolute Gasteiger partial charge is 0.251 e. The lowest BCUT2D eigenvalue weighted by molar-refractivity contribution is 0.225. The molecule has 10 heteroatoms. The third-order valence-corrected chi connectivity index (χ3v) is 7.62. The SMILES string of the molecule is O=S(=O)(OCCOS(=O)(=O)N(c1ccccc1)c1ccccc1)N(c1ccccc1)c1ccccc1. The molecule has 0 unspecified atom stereocenters. The van der Waals surface area contributed by atoms with Crippen LogP contribution >= 0.6 is 0 Å². The fourth-order valence-corrected chi connectivity index (χ4v) is 5.74. The van der Waals surface area contributed by atoms with Crippen LogP contribution in [0.5, 0.6) is 0 Å². The van der Waals surface area contributed by atoms with Gasteiger partial charge in [-0.25, -0.2) is 8.61 Å². The third-order valence-electron chi connectivity index (χ3n) is 4.96. The van der Waals surface area contributed by atoms with E-state index in [1.165, 1.54) is 0 Å². The van der Waals surface area contributed by atoms with Crippen molar-refractivity contribution in [2.45, 2.75) is 0 Å². The van der Waals surface area contributed by atoms with E-state index in [0.29, 0.717) is 22.7 Å². The lowest BCUT2D eigenvalue weighted by Gasteiger charge is -2.25. The van der Waals surface area contributed by atoms with Gasteiger partial charge in [0.2, 0.25) is 0 Å². The molecule has 0 saturated carbocycles. The zero-order valence-electron chi connectivity index (χ0n) is 19.1. The molecule has 8 nitrogen and oxygen atoms in total. The first-order valence-electron chi connectivity index (χ1n) is 11.0. The summed E-state index contributed by atoms with van der Waals surface area (Å²) in [5.74, 6) is 0. The number of hydrogen-bond acceptors (Lipinski definition) is 6. The van der Waals surface area contributed by atoms with Gasteiger partial charge < -0.3 is 0 Å². The average molecular weight is 525 g/mol. The van der Waals surface area contributed by atoms with Crippen molar-refractivity contribution >= 4 is 43.4 Å². The molecule has 0 aliphatic carbocycles. The molecule has 0 saturated heterocycles.